The fraction of sp³-hybridized carbons (Fsp3) is 0.303. The summed E-state index contributed by atoms with van der Waals surface area (Å²) in [7, 11) is 0. The summed E-state index contributed by atoms with van der Waals surface area (Å²) < 4.78 is 0. The Morgan fingerprint density at radius 2 is 1.09 bits per heavy atom. The van der Waals surface area contributed by atoms with E-state index in [9.17, 15) is 4.79 Å². The molecular formula is C33H37NO. The van der Waals surface area contributed by atoms with Crippen molar-refractivity contribution < 1.29 is 4.79 Å². The van der Waals surface area contributed by atoms with Crippen LogP contribution in [0.3, 0.4) is 0 Å². The molecule has 0 aliphatic heterocycles. The van der Waals surface area contributed by atoms with Gasteiger partial charge in [0.15, 0.2) is 0 Å². The zero-order valence-corrected chi connectivity index (χ0v) is 22.3. The molecule has 0 fully saturated rings. The fourth-order valence-corrected chi connectivity index (χ4v) is 4.57. The maximum Gasteiger partial charge on any atom is 0.209 e. The van der Waals surface area contributed by atoms with Crippen molar-refractivity contribution in [2.75, 3.05) is 0 Å². The average Bonchev–Trinajstić information content (AvgIpc) is 3.22. The van der Waals surface area contributed by atoms with Gasteiger partial charge in [0.2, 0.25) is 5.78 Å². The van der Waals surface area contributed by atoms with Crippen LogP contribution >= 0.6 is 0 Å². The van der Waals surface area contributed by atoms with Crippen LogP contribution in [0.25, 0.3) is 22.4 Å². The van der Waals surface area contributed by atoms with E-state index in [1.165, 1.54) is 11.1 Å². The summed E-state index contributed by atoms with van der Waals surface area (Å²) in [5.41, 5.74) is 10.3. The average molecular weight is 464 g/mol. The molecule has 0 saturated heterocycles. The molecule has 4 aromatic rings. The molecule has 4 rings (SSSR count). The molecule has 2 nitrogen and oxygen atoms in total. The summed E-state index contributed by atoms with van der Waals surface area (Å²) in [6, 6.07) is 25.4. The van der Waals surface area contributed by atoms with Crippen molar-refractivity contribution in [1.29, 1.82) is 0 Å². The van der Waals surface area contributed by atoms with Gasteiger partial charge in [0.25, 0.3) is 0 Å². The lowest BCUT2D eigenvalue weighted by molar-refractivity contribution is 0.103. The largest absolute Gasteiger partial charge is 0.351 e. The van der Waals surface area contributed by atoms with E-state index in [0.717, 1.165) is 33.5 Å². The van der Waals surface area contributed by atoms with E-state index in [2.05, 4.69) is 107 Å². The zero-order chi connectivity index (χ0) is 25.5. The maximum absolute atomic E-state index is 13.8. The highest BCUT2D eigenvalue weighted by atomic mass is 16.1. The van der Waals surface area contributed by atoms with Gasteiger partial charge in [-0.25, -0.2) is 0 Å². The quantitative estimate of drug-likeness (QED) is 0.301. The fourth-order valence-electron chi connectivity index (χ4n) is 4.57. The van der Waals surface area contributed by atoms with E-state index in [4.69, 9.17) is 0 Å². The number of hydrogen-bond acceptors (Lipinski definition) is 1. The standard InChI is InChI=1S/C33H37NO/c1-21-17-22(2)19-25(18-21)31(35)30-28(23-9-13-26(14-10-23)32(3,4)5)20-29(34-30)24-11-15-27(16-12-24)33(6,7)8/h9-20,34H,1-8H3. The summed E-state index contributed by atoms with van der Waals surface area (Å²) >= 11 is 0. The Morgan fingerprint density at radius 3 is 1.54 bits per heavy atom. The molecule has 0 saturated carbocycles. The number of hydrogen-bond donors (Lipinski definition) is 1. The van der Waals surface area contributed by atoms with Crippen molar-refractivity contribution >= 4 is 5.78 Å². The summed E-state index contributed by atoms with van der Waals surface area (Å²) in [5, 5.41) is 0. The Hall–Kier alpha value is -3.39. The number of nitrogens with one attached hydrogen (secondary N) is 1. The molecule has 0 aliphatic rings. The number of carbonyl (C=O) groups excluding carboxylic acids is 1. The number of aromatic amines is 1. The van der Waals surface area contributed by atoms with Crippen LogP contribution in [-0.2, 0) is 10.8 Å². The van der Waals surface area contributed by atoms with Crippen molar-refractivity contribution in [2.24, 2.45) is 0 Å². The molecule has 180 valence electrons. The van der Waals surface area contributed by atoms with Crippen LogP contribution in [0.2, 0.25) is 0 Å². The number of carbonyl (C=O) groups is 1. The van der Waals surface area contributed by atoms with E-state index in [0.29, 0.717) is 11.3 Å². The normalized spacial score (nSPS) is 12.1. The smallest absolute Gasteiger partial charge is 0.209 e. The first kappa shape index (κ1) is 24.7. The van der Waals surface area contributed by atoms with Crippen LogP contribution in [0.15, 0.2) is 72.8 Å². The van der Waals surface area contributed by atoms with Gasteiger partial charge in [-0.15, -0.1) is 0 Å². The van der Waals surface area contributed by atoms with Gasteiger partial charge in [-0.2, -0.15) is 0 Å². The van der Waals surface area contributed by atoms with E-state index in [1.807, 2.05) is 26.0 Å². The zero-order valence-electron chi connectivity index (χ0n) is 22.3. The van der Waals surface area contributed by atoms with Crippen molar-refractivity contribution in [3.8, 4) is 22.4 Å². The van der Waals surface area contributed by atoms with E-state index in [-0.39, 0.29) is 16.6 Å². The maximum atomic E-state index is 13.8. The van der Waals surface area contributed by atoms with Gasteiger partial charge >= 0.3 is 0 Å². The summed E-state index contributed by atoms with van der Waals surface area (Å²) in [4.78, 5) is 17.3. The number of benzene rings is 3. The second-order valence-corrected chi connectivity index (χ2v) is 11.8. The molecule has 0 amide bonds. The number of ketones is 1. The molecule has 2 heteroatoms. The first-order valence-electron chi connectivity index (χ1n) is 12.4. The molecule has 1 aromatic heterocycles. The van der Waals surface area contributed by atoms with Crippen LogP contribution in [0, 0.1) is 13.8 Å². The van der Waals surface area contributed by atoms with Gasteiger partial charge in [-0.3, -0.25) is 4.79 Å². The van der Waals surface area contributed by atoms with Gasteiger partial charge in [0, 0.05) is 16.8 Å². The van der Waals surface area contributed by atoms with Gasteiger partial charge in [0.05, 0.1) is 5.69 Å². The molecule has 0 atom stereocenters. The van der Waals surface area contributed by atoms with Gasteiger partial charge in [-0.05, 0) is 65.1 Å². The van der Waals surface area contributed by atoms with Crippen LogP contribution in [0.1, 0.15) is 79.8 Å². The van der Waals surface area contributed by atoms with Crippen LogP contribution in [0.4, 0.5) is 0 Å². The number of aryl methyl sites for hydroxylation is 2. The van der Waals surface area contributed by atoms with Crippen LogP contribution in [0.5, 0.6) is 0 Å². The number of rotatable bonds is 4. The Bertz CT molecular complexity index is 1330. The van der Waals surface area contributed by atoms with Crippen molar-refractivity contribution in [2.45, 2.75) is 66.2 Å². The molecule has 1 heterocycles. The molecule has 0 aliphatic carbocycles. The van der Waals surface area contributed by atoms with Crippen molar-refractivity contribution in [1.82, 2.24) is 4.98 Å². The topological polar surface area (TPSA) is 32.9 Å². The van der Waals surface area contributed by atoms with Crippen molar-refractivity contribution in [3.05, 3.63) is 106 Å². The lowest BCUT2D eigenvalue weighted by Gasteiger charge is -2.19. The minimum absolute atomic E-state index is 0.0178. The third kappa shape index (κ3) is 5.32. The molecular weight excluding hydrogens is 426 g/mol. The highest BCUT2D eigenvalue weighted by molar-refractivity contribution is 6.12. The third-order valence-electron chi connectivity index (χ3n) is 6.65. The number of aromatic nitrogens is 1. The summed E-state index contributed by atoms with van der Waals surface area (Å²) in [6.45, 7) is 17.4. The highest BCUT2D eigenvalue weighted by Crippen LogP contribution is 2.34. The molecule has 0 unspecified atom stereocenters. The minimum atomic E-state index is 0.0178. The summed E-state index contributed by atoms with van der Waals surface area (Å²) in [5.74, 6) is 0.0178. The molecule has 1 N–H and O–H groups in total. The Labute approximate surface area is 210 Å². The third-order valence-corrected chi connectivity index (χ3v) is 6.65. The molecule has 0 bridgehead atoms. The van der Waals surface area contributed by atoms with E-state index in [1.54, 1.807) is 0 Å². The second-order valence-electron chi connectivity index (χ2n) is 11.8. The Balaban J connectivity index is 1.83. The predicted molar refractivity (Wildman–Crippen MR) is 148 cm³/mol. The van der Waals surface area contributed by atoms with Gasteiger partial charge < -0.3 is 4.98 Å². The lowest BCUT2D eigenvalue weighted by Crippen LogP contribution is -2.10. The second kappa shape index (κ2) is 9.00. The monoisotopic (exact) mass is 463 g/mol. The van der Waals surface area contributed by atoms with Gasteiger partial charge in [-0.1, -0.05) is 107 Å². The molecule has 35 heavy (non-hydrogen) atoms. The minimum Gasteiger partial charge on any atom is -0.351 e. The summed E-state index contributed by atoms with van der Waals surface area (Å²) in [6.07, 6.45) is 0. The van der Waals surface area contributed by atoms with Gasteiger partial charge in [0.1, 0.15) is 0 Å². The SMILES string of the molecule is Cc1cc(C)cc(C(=O)c2[nH]c(-c3ccc(C(C)(C)C)cc3)cc2-c2ccc(C(C)(C)C)cc2)c1. The Kier molecular flexibility index (Phi) is 6.36. The number of H-pyrrole nitrogens is 1. The molecule has 0 radical (unpaired) electrons. The van der Waals surface area contributed by atoms with Crippen molar-refractivity contribution in [3.63, 3.8) is 0 Å². The van der Waals surface area contributed by atoms with E-state index >= 15 is 0 Å². The van der Waals surface area contributed by atoms with E-state index < -0.39 is 0 Å². The predicted octanol–water partition coefficient (Wildman–Crippen LogP) is 8.79. The lowest BCUT2D eigenvalue weighted by atomic mass is 9.86. The first-order valence-corrected chi connectivity index (χ1v) is 12.4. The van der Waals surface area contributed by atoms with Crippen LogP contribution in [-0.4, -0.2) is 10.8 Å². The molecule has 3 aromatic carbocycles. The highest BCUT2D eigenvalue weighted by Gasteiger charge is 2.21. The molecule has 0 spiro atoms. The van der Waals surface area contributed by atoms with Crippen LogP contribution < -0.4 is 0 Å². The first-order chi connectivity index (χ1) is 16.3. The Morgan fingerprint density at radius 1 is 0.629 bits per heavy atom.